The standard InChI is InChI=1S/C22H29N5O/c1-17-14-20(25-18(2)24-17)27-12-10-26(11-13-27)15-21(28)23-16-22(8-9-22)19-6-4-3-5-7-19/h3-7,14H,8-13,15-16H2,1-2H3,(H,23,28). The molecule has 1 saturated heterocycles. The second-order valence-electron chi connectivity index (χ2n) is 8.10. The molecule has 0 spiro atoms. The molecule has 2 heterocycles. The summed E-state index contributed by atoms with van der Waals surface area (Å²) in [5.74, 6) is 1.93. The number of hydrogen-bond donors (Lipinski definition) is 1. The van der Waals surface area contributed by atoms with E-state index < -0.39 is 0 Å². The van der Waals surface area contributed by atoms with Crippen LogP contribution >= 0.6 is 0 Å². The maximum absolute atomic E-state index is 12.5. The first-order valence-electron chi connectivity index (χ1n) is 10.2. The number of anilines is 1. The average molecular weight is 380 g/mol. The molecule has 148 valence electrons. The van der Waals surface area contributed by atoms with Gasteiger partial charge >= 0.3 is 0 Å². The number of aryl methyl sites for hydroxylation is 2. The Morgan fingerprint density at radius 3 is 2.43 bits per heavy atom. The molecule has 1 N–H and O–H groups in total. The van der Waals surface area contributed by atoms with Gasteiger partial charge in [0.05, 0.1) is 6.54 Å². The molecule has 2 aliphatic rings. The quantitative estimate of drug-likeness (QED) is 0.833. The van der Waals surface area contributed by atoms with Crippen LogP contribution in [0.25, 0.3) is 0 Å². The lowest BCUT2D eigenvalue weighted by atomic mass is 9.96. The predicted octanol–water partition coefficient (Wildman–Crippen LogP) is 2.06. The zero-order chi connectivity index (χ0) is 19.6. The molecule has 0 unspecified atom stereocenters. The van der Waals surface area contributed by atoms with E-state index in [1.807, 2.05) is 26.0 Å². The van der Waals surface area contributed by atoms with Crippen molar-refractivity contribution in [2.24, 2.45) is 0 Å². The van der Waals surface area contributed by atoms with Gasteiger partial charge in [0.2, 0.25) is 5.91 Å². The van der Waals surface area contributed by atoms with Crippen LogP contribution in [0.15, 0.2) is 36.4 Å². The third-order valence-corrected chi connectivity index (χ3v) is 5.88. The van der Waals surface area contributed by atoms with E-state index in [1.54, 1.807) is 0 Å². The number of nitrogens with zero attached hydrogens (tertiary/aromatic N) is 4. The lowest BCUT2D eigenvalue weighted by molar-refractivity contribution is -0.122. The van der Waals surface area contributed by atoms with Gasteiger partial charge in [0.15, 0.2) is 0 Å². The second-order valence-corrected chi connectivity index (χ2v) is 8.10. The van der Waals surface area contributed by atoms with Gasteiger partial charge in [-0.3, -0.25) is 9.69 Å². The Morgan fingerprint density at radius 1 is 1.07 bits per heavy atom. The first kappa shape index (κ1) is 18.9. The topological polar surface area (TPSA) is 61.4 Å². The number of amides is 1. The van der Waals surface area contributed by atoms with Gasteiger partial charge in [-0.25, -0.2) is 9.97 Å². The SMILES string of the molecule is Cc1cc(N2CCN(CC(=O)NCC3(c4ccccc4)CC3)CC2)nc(C)n1. The Balaban J connectivity index is 1.24. The highest BCUT2D eigenvalue weighted by Gasteiger charge is 2.44. The number of carbonyl (C=O) groups is 1. The van der Waals surface area contributed by atoms with Crippen molar-refractivity contribution in [1.29, 1.82) is 0 Å². The molecule has 1 saturated carbocycles. The summed E-state index contributed by atoms with van der Waals surface area (Å²) >= 11 is 0. The van der Waals surface area contributed by atoms with Crippen molar-refractivity contribution in [2.45, 2.75) is 32.1 Å². The summed E-state index contributed by atoms with van der Waals surface area (Å²) in [4.78, 5) is 25.9. The maximum atomic E-state index is 12.5. The van der Waals surface area contributed by atoms with Crippen molar-refractivity contribution in [3.8, 4) is 0 Å². The summed E-state index contributed by atoms with van der Waals surface area (Å²) < 4.78 is 0. The van der Waals surface area contributed by atoms with Gasteiger partial charge in [-0.1, -0.05) is 30.3 Å². The van der Waals surface area contributed by atoms with Crippen molar-refractivity contribution >= 4 is 11.7 Å². The van der Waals surface area contributed by atoms with Gasteiger partial charge in [-0.2, -0.15) is 0 Å². The minimum Gasteiger partial charge on any atom is -0.354 e. The molecule has 2 aromatic rings. The lowest BCUT2D eigenvalue weighted by Gasteiger charge is -2.35. The Morgan fingerprint density at radius 2 is 1.79 bits per heavy atom. The number of rotatable bonds is 6. The first-order chi connectivity index (χ1) is 13.5. The smallest absolute Gasteiger partial charge is 0.234 e. The highest BCUT2D eigenvalue weighted by Crippen LogP contribution is 2.47. The molecule has 1 aromatic carbocycles. The number of carbonyl (C=O) groups excluding carboxylic acids is 1. The minimum absolute atomic E-state index is 0.129. The molecule has 1 aromatic heterocycles. The van der Waals surface area contributed by atoms with Crippen LogP contribution in [0.3, 0.4) is 0 Å². The van der Waals surface area contributed by atoms with E-state index in [4.69, 9.17) is 0 Å². The summed E-state index contributed by atoms with van der Waals surface area (Å²) in [7, 11) is 0. The molecule has 6 heteroatoms. The summed E-state index contributed by atoms with van der Waals surface area (Å²) in [6, 6.07) is 12.6. The van der Waals surface area contributed by atoms with E-state index in [0.29, 0.717) is 6.54 Å². The molecule has 1 aliphatic carbocycles. The number of hydrogen-bond acceptors (Lipinski definition) is 5. The minimum atomic E-state index is 0.129. The zero-order valence-electron chi connectivity index (χ0n) is 16.8. The van der Waals surface area contributed by atoms with Crippen LogP contribution in [0, 0.1) is 13.8 Å². The average Bonchev–Trinajstić information content (AvgIpc) is 3.48. The Bertz CT molecular complexity index is 806. The van der Waals surface area contributed by atoms with E-state index in [2.05, 4.69) is 49.4 Å². The van der Waals surface area contributed by atoms with Crippen molar-refractivity contribution in [3.63, 3.8) is 0 Å². The fraction of sp³-hybridized carbons (Fsp3) is 0.500. The normalized spacial score (nSPS) is 18.7. The molecule has 0 atom stereocenters. The van der Waals surface area contributed by atoms with Crippen molar-refractivity contribution in [3.05, 3.63) is 53.5 Å². The Kier molecular flexibility index (Phi) is 5.31. The molecule has 4 rings (SSSR count). The number of piperazine rings is 1. The van der Waals surface area contributed by atoms with Gasteiger partial charge in [0, 0.05) is 49.9 Å². The van der Waals surface area contributed by atoms with E-state index in [0.717, 1.165) is 62.9 Å². The van der Waals surface area contributed by atoms with E-state index >= 15 is 0 Å². The summed E-state index contributed by atoms with van der Waals surface area (Å²) in [6.07, 6.45) is 2.32. The van der Waals surface area contributed by atoms with Crippen LogP contribution in [0.2, 0.25) is 0 Å². The lowest BCUT2D eigenvalue weighted by Crippen LogP contribution is -2.50. The molecule has 1 aliphatic heterocycles. The highest BCUT2D eigenvalue weighted by atomic mass is 16.2. The molecule has 1 amide bonds. The maximum Gasteiger partial charge on any atom is 0.234 e. The monoisotopic (exact) mass is 379 g/mol. The van der Waals surface area contributed by atoms with Crippen LogP contribution in [-0.4, -0.2) is 60.0 Å². The summed E-state index contributed by atoms with van der Waals surface area (Å²) in [5, 5.41) is 3.17. The fourth-order valence-corrected chi connectivity index (χ4v) is 4.03. The Labute approximate surface area is 167 Å². The van der Waals surface area contributed by atoms with Gasteiger partial charge in [-0.15, -0.1) is 0 Å². The molecule has 6 nitrogen and oxygen atoms in total. The Hall–Kier alpha value is -2.47. The van der Waals surface area contributed by atoms with Crippen molar-refractivity contribution < 1.29 is 4.79 Å². The third-order valence-electron chi connectivity index (χ3n) is 5.88. The number of benzene rings is 1. The molecular formula is C22H29N5O. The van der Waals surface area contributed by atoms with E-state index in [9.17, 15) is 4.79 Å². The third kappa shape index (κ3) is 4.33. The fourth-order valence-electron chi connectivity index (χ4n) is 4.03. The van der Waals surface area contributed by atoms with Gasteiger partial charge in [0.1, 0.15) is 11.6 Å². The number of aromatic nitrogens is 2. The van der Waals surface area contributed by atoms with Crippen molar-refractivity contribution in [1.82, 2.24) is 20.2 Å². The van der Waals surface area contributed by atoms with Gasteiger partial charge in [0.25, 0.3) is 0 Å². The summed E-state index contributed by atoms with van der Waals surface area (Å²) in [5.41, 5.74) is 2.51. The van der Waals surface area contributed by atoms with Crippen LogP contribution in [0.4, 0.5) is 5.82 Å². The van der Waals surface area contributed by atoms with Crippen molar-refractivity contribution in [2.75, 3.05) is 44.2 Å². The summed E-state index contributed by atoms with van der Waals surface area (Å²) in [6.45, 7) is 8.67. The van der Waals surface area contributed by atoms with Gasteiger partial charge in [-0.05, 0) is 32.3 Å². The second kappa shape index (κ2) is 7.87. The molecule has 0 radical (unpaired) electrons. The van der Waals surface area contributed by atoms with Crippen LogP contribution in [0.5, 0.6) is 0 Å². The van der Waals surface area contributed by atoms with Crippen LogP contribution < -0.4 is 10.2 Å². The van der Waals surface area contributed by atoms with Crippen LogP contribution in [-0.2, 0) is 10.2 Å². The largest absolute Gasteiger partial charge is 0.354 e. The first-order valence-corrected chi connectivity index (χ1v) is 10.2. The molecule has 28 heavy (non-hydrogen) atoms. The predicted molar refractivity (Wildman–Crippen MR) is 111 cm³/mol. The molecule has 0 bridgehead atoms. The van der Waals surface area contributed by atoms with E-state index in [1.165, 1.54) is 5.56 Å². The van der Waals surface area contributed by atoms with Crippen LogP contribution in [0.1, 0.15) is 29.9 Å². The zero-order valence-corrected chi connectivity index (χ0v) is 16.8. The molecule has 2 fully saturated rings. The molecular weight excluding hydrogens is 350 g/mol. The van der Waals surface area contributed by atoms with Gasteiger partial charge < -0.3 is 10.2 Å². The highest BCUT2D eigenvalue weighted by molar-refractivity contribution is 5.78. The number of nitrogens with one attached hydrogen (secondary N) is 1. The van der Waals surface area contributed by atoms with E-state index in [-0.39, 0.29) is 11.3 Å².